The zero-order valence-corrected chi connectivity index (χ0v) is 13.0. The summed E-state index contributed by atoms with van der Waals surface area (Å²) >= 11 is 5.47. The molecule has 20 heavy (non-hydrogen) atoms. The lowest BCUT2D eigenvalue weighted by atomic mass is 9.95. The van der Waals surface area contributed by atoms with Crippen LogP contribution in [0.15, 0.2) is 0 Å². The van der Waals surface area contributed by atoms with Gasteiger partial charge < -0.3 is 9.64 Å². The van der Waals surface area contributed by atoms with Crippen LogP contribution in [0.1, 0.15) is 51.5 Å². The van der Waals surface area contributed by atoms with E-state index in [1.54, 1.807) is 0 Å². The average molecular weight is 296 g/mol. The van der Waals surface area contributed by atoms with E-state index in [4.69, 9.17) is 17.0 Å². The van der Waals surface area contributed by atoms with Gasteiger partial charge in [-0.1, -0.05) is 26.2 Å². The Kier molecular flexibility index (Phi) is 4.41. The maximum atomic E-state index is 5.76. The number of morpholine rings is 1. The van der Waals surface area contributed by atoms with Crippen molar-refractivity contribution in [2.45, 2.75) is 57.6 Å². The summed E-state index contributed by atoms with van der Waals surface area (Å²) in [5.41, 5.74) is 0. The fraction of sp³-hybridized carbons (Fsp3) is 0.857. The molecule has 112 valence electrons. The standard InChI is InChI=1S/C14H24N4OS/c1-2-12-10-17(8-9-19-12)13-15-16-14(20)18(13)11-6-4-3-5-7-11/h11-12H,2-10H2,1H3,(H,16,20). The third kappa shape index (κ3) is 2.76. The van der Waals surface area contributed by atoms with E-state index in [2.05, 4.69) is 26.6 Å². The van der Waals surface area contributed by atoms with Crippen molar-refractivity contribution in [3.05, 3.63) is 4.77 Å². The number of ether oxygens (including phenoxy) is 1. The molecule has 0 spiro atoms. The molecular formula is C14H24N4OS. The number of aromatic nitrogens is 3. The topological polar surface area (TPSA) is 46.1 Å². The van der Waals surface area contributed by atoms with E-state index >= 15 is 0 Å². The van der Waals surface area contributed by atoms with Crippen molar-refractivity contribution in [1.29, 1.82) is 0 Å². The fourth-order valence-electron chi connectivity index (χ4n) is 3.34. The monoisotopic (exact) mass is 296 g/mol. The normalized spacial score (nSPS) is 25.1. The molecule has 1 aromatic rings. The molecule has 0 amide bonds. The van der Waals surface area contributed by atoms with Crippen LogP contribution >= 0.6 is 12.2 Å². The number of aromatic amines is 1. The van der Waals surface area contributed by atoms with Gasteiger partial charge in [-0.3, -0.25) is 4.57 Å². The second-order valence-electron chi connectivity index (χ2n) is 5.84. The molecule has 1 unspecified atom stereocenters. The lowest BCUT2D eigenvalue weighted by molar-refractivity contribution is 0.0375. The van der Waals surface area contributed by atoms with E-state index in [0.717, 1.165) is 36.8 Å². The zero-order chi connectivity index (χ0) is 13.9. The Balaban J connectivity index is 1.84. The number of hydrogen-bond acceptors (Lipinski definition) is 4. The van der Waals surface area contributed by atoms with Crippen molar-refractivity contribution >= 4 is 18.2 Å². The first-order valence-electron chi connectivity index (χ1n) is 7.83. The Morgan fingerprint density at radius 2 is 2.15 bits per heavy atom. The van der Waals surface area contributed by atoms with Gasteiger partial charge in [-0.05, 0) is 31.5 Å². The van der Waals surface area contributed by atoms with Crippen molar-refractivity contribution in [3.63, 3.8) is 0 Å². The molecule has 2 fully saturated rings. The minimum atomic E-state index is 0.314. The minimum absolute atomic E-state index is 0.314. The van der Waals surface area contributed by atoms with E-state index in [1.165, 1.54) is 32.1 Å². The van der Waals surface area contributed by atoms with Gasteiger partial charge in [0.1, 0.15) is 0 Å². The molecule has 0 aromatic carbocycles. The van der Waals surface area contributed by atoms with Gasteiger partial charge in [0.05, 0.1) is 12.7 Å². The second kappa shape index (κ2) is 6.26. The lowest BCUT2D eigenvalue weighted by Crippen LogP contribution is -2.43. The van der Waals surface area contributed by atoms with Gasteiger partial charge in [-0.25, -0.2) is 5.10 Å². The molecule has 1 atom stereocenters. The van der Waals surface area contributed by atoms with Crippen molar-refractivity contribution in [3.8, 4) is 0 Å². The molecule has 2 heterocycles. The van der Waals surface area contributed by atoms with Gasteiger partial charge >= 0.3 is 0 Å². The summed E-state index contributed by atoms with van der Waals surface area (Å²) in [6.45, 7) is 4.78. The molecule has 2 aliphatic rings. The summed E-state index contributed by atoms with van der Waals surface area (Å²) < 4.78 is 8.78. The summed E-state index contributed by atoms with van der Waals surface area (Å²) in [6, 6.07) is 0.521. The minimum Gasteiger partial charge on any atom is -0.375 e. The van der Waals surface area contributed by atoms with Gasteiger partial charge in [0.2, 0.25) is 5.95 Å². The van der Waals surface area contributed by atoms with Gasteiger partial charge in [-0.15, -0.1) is 5.10 Å². The van der Waals surface area contributed by atoms with Crippen LogP contribution in [0.25, 0.3) is 0 Å². The quantitative estimate of drug-likeness (QED) is 0.871. The highest BCUT2D eigenvalue weighted by Gasteiger charge is 2.26. The predicted octanol–water partition coefficient (Wildman–Crippen LogP) is 3.06. The molecule has 0 bridgehead atoms. The molecule has 1 N–H and O–H groups in total. The first-order chi connectivity index (χ1) is 9.79. The van der Waals surface area contributed by atoms with Crippen LogP contribution in [0, 0.1) is 4.77 Å². The molecule has 1 aliphatic carbocycles. The molecule has 1 aliphatic heterocycles. The lowest BCUT2D eigenvalue weighted by Gasteiger charge is -2.34. The van der Waals surface area contributed by atoms with Crippen LogP contribution in [-0.4, -0.2) is 40.6 Å². The number of hydrogen-bond donors (Lipinski definition) is 1. The summed E-state index contributed by atoms with van der Waals surface area (Å²) in [6.07, 6.45) is 7.77. The van der Waals surface area contributed by atoms with E-state index in [0.29, 0.717) is 12.1 Å². The van der Waals surface area contributed by atoms with Crippen molar-refractivity contribution in [2.24, 2.45) is 0 Å². The molecule has 6 heteroatoms. The summed E-state index contributed by atoms with van der Waals surface area (Å²) in [5, 5.41) is 7.50. The van der Waals surface area contributed by atoms with E-state index in [-0.39, 0.29) is 0 Å². The largest absolute Gasteiger partial charge is 0.375 e. The van der Waals surface area contributed by atoms with Gasteiger partial charge in [-0.2, -0.15) is 0 Å². The Labute approximate surface area is 125 Å². The number of nitrogens with zero attached hydrogens (tertiary/aromatic N) is 3. The highest BCUT2D eigenvalue weighted by molar-refractivity contribution is 7.71. The average Bonchev–Trinajstić information content (AvgIpc) is 2.90. The van der Waals surface area contributed by atoms with Gasteiger partial charge in [0.25, 0.3) is 0 Å². The van der Waals surface area contributed by atoms with E-state index in [9.17, 15) is 0 Å². The first kappa shape index (κ1) is 14.1. The van der Waals surface area contributed by atoms with Gasteiger partial charge in [0, 0.05) is 19.1 Å². The predicted molar refractivity (Wildman–Crippen MR) is 81.8 cm³/mol. The molecule has 1 saturated heterocycles. The number of nitrogens with one attached hydrogen (secondary N) is 1. The van der Waals surface area contributed by atoms with Crippen molar-refractivity contribution in [1.82, 2.24) is 14.8 Å². The van der Waals surface area contributed by atoms with Crippen molar-refractivity contribution in [2.75, 3.05) is 24.6 Å². The molecular weight excluding hydrogens is 272 g/mol. The van der Waals surface area contributed by atoms with Crippen LogP contribution < -0.4 is 4.90 Å². The Hall–Kier alpha value is -0.880. The third-order valence-corrected chi connectivity index (χ3v) is 4.79. The fourth-order valence-corrected chi connectivity index (χ4v) is 3.61. The molecule has 5 nitrogen and oxygen atoms in total. The van der Waals surface area contributed by atoms with E-state index in [1.807, 2.05) is 0 Å². The smallest absolute Gasteiger partial charge is 0.226 e. The van der Waals surface area contributed by atoms with Gasteiger partial charge in [0.15, 0.2) is 4.77 Å². The molecule has 1 saturated carbocycles. The van der Waals surface area contributed by atoms with Crippen LogP contribution in [0.3, 0.4) is 0 Å². The van der Waals surface area contributed by atoms with Crippen molar-refractivity contribution < 1.29 is 4.74 Å². The first-order valence-corrected chi connectivity index (χ1v) is 8.24. The van der Waals surface area contributed by atoms with E-state index < -0.39 is 0 Å². The van der Waals surface area contributed by atoms with Crippen LogP contribution in [0.2, 0.25) is 0 Å². The Bertz CT molecular complexity index is 492. The van der Waals surface area contributed by atoms with Crippen LogP contribution in [0.5, 0.6) is 0 Å². The number of H-pyrrole nitrogens is 1. The summed E-state index contributed by atoms with van der Waals surface area (Å²) in [4.78, 5) is 2.33. The SMILES string of the molecule is CCC1CN(c2n[nH]c(=S)n2C2CCCCC2)CCO1. The zero-order valence-electron chi connectivity index (χ0n) is 12.2. The number of rotatable bonds is 3. The summed E-state index contributed by atoms with van der Waals surface area (Å²) in [7, 11) is 0. The molecule has 0 radical (unpaired) electrons. The highest BCUT2D eigenvalue weighted by atomic mass is 32.1. The number of anilines is 1. The second-order valence-corrected chi connectivity index (χ2v) is 6.22. The molecule has 3 rings (SSSR count). The third-order valence-electron chi connectivity index (χ3n) is 4.50. The van der Waals surface area contributed by atoms with Crippen LogP contribution in [-0.2, 0) is 4.74 Å². The Morgan fingerprint density at radius 3 is 2.90 bits per heavy atom. The highest BCUT2D eigenvalue weighted by Crippen LogP contribution is 2.31. The Morgan fingerprint density at radius 1 is 1.35 bits per heavy atom. The summed E-state index contributed by atoms with van der Waals surface area (Å²) in [5.74, 6) is 1.02. The molecule has 1 aromatic heterocycles. The maximum absolute atomic E-state index is 5.76. The van der Waals surface area contributed by atoms with Crippen LogP contribution in [0.4, 0.5) is 5.95 Å². The maximum Gasteiger partial charge on any atom is 0.226 e.